The number of pyridine rings is 1. The van der Waals surface area contributed by atoms with Crippen molar-refractivity contribution in [2.45, 2.75) is 9.79 Å². The Morgan fingerprint density at radius 1 is 0.812 bits per heavy atom. The zero-order chi connectivity index (χ0) is 21.9. The van der Waals surface area contributed by atoms with Gasteiger partial charge < -0.3 is 5.11 Å². The summed E-state index contributed by atoms with van der Waals surface area (Å²) in [7, 11) is 0. The number of nitrogens with zero attached hydrogens (tertiary/aromatic N) is 4. The topological polar surface area (TPSA) is 62.1 Å². The van der Waals surface area contributed by atoms with Crippen molar-refractivity contribution in [2.24, 2.45) is 0 Å². The van der Waals surface area contributed by atoms with Gasteiger partial charge in [0, 0.05) is 26.1 Å². The third-order valence-electron chi connectivity index (χ3n) is 4.82. The number of phenols is 1. The summed E-state index contributed by atoms with van der Waals surface area (Å²) in [5, 5.41) is 10.8. The Morgan fingerprint density at radius 3 is 2.56 bits per heavy atom. The van der Waals surface area contributed by atoms with Crippen LogP contribution in [-0.4, -0.2) is 20.1 Å². The summed E-state index contributed by atoms with van der Waals surface area (Å²) < 4.78 is 0.967. The van der Waals surface area contributed by atoms with Gasteiger partial charge in [0.25, 0.3) is 0 Å². The van der Waals surface area contributed by atoms with Crippen LogP contribution in [0.4, 0.5) is 17.2 Å². The number of para-hydroxylation sites is 1. The quantitative estimate of drug-likeness (QED) is 0.277. The molecule has 0 radical (unpaired) electrons. The van der Waals surface area contributed by atoms with Crippen molar-refractivity contribution >= 4 is 55.9 Å². The number of hydrogen-bond donors (Lipinski definition) is 1. The van der Waals surface area contributed by atoms with Crippen LogP contribution in [0.5, 0.6) is 5.75 Å². The van der Waals surface area contributed by atoms with Gasteiger partial charge in [-0.15, -0.1) is 0 Å². The van der Waals surface area contributed by atoms with E-state index in [1.165, 1.54) is 0 Å². The van der Waals surface area contributed by atoms with Gasteiger partial charge in [0.1, 0.15) is 12.1 Å². The summed E-state index contributed by atoms with van der Waals surface area (Å²) in [6.07, 6.45) is 3.27. The number of anilines is 3. The van der Waals surface area contributed by atoms with E-state index in [1.807, 2.05) is 54.6 Å². The number of benzene rings is 3. The summed E-state index contributed by atoms with van der Waals surface area (Å²) in [5.41, 5.74) is 2.55. The van der Waals surface area contributed by atoms with Crippen LogP contribution in [0.2, 0.25) is 0 Å². The van der Waals surface area contributed by atoms with Crippen molar-refractivity contribution in [2.75, 3.05) is 4.90 Å². The molecule has 3 aromatic carbocycles. The van der Waals surface area contributed by atoms with Crippen LogP contribution in [0.1, 0.15) is 0 Å². The van der Waals surface area contributed by atoms with E-state index in [9.17, 15) is 5.11 Å². The number of phenolic OH excluding ortho intramolecular Hbond substituents is 1. The largest absolute Gasteiger partial charge is 0.508 e. The minimum absolute atomic E-state index is 0.240. The predicted octanol–water partition coefficient (Wildman–Crippen LogP) is 7.11. The van der Waals surface area contributed by atoms with E-state index < -0.39 is 0 Å². The second-order valence-corrected chi connectivity index (χ2v) is 8.99. The van der Waals surface area contributed by atoms with E-state index in [1.54, 1.807) is 36.4 Å². The summed E-state index contributed by atoms with van der Waals surface area (Å²) in [6, 6.07) is 27.4. The Labute approximate surface area is 197 Å². The summed E-state index contributed by atoms with van der Waals surface area (Å²) in [4.78, 5) is 17.5. The Morgan fingerprint density at radius 2 is 1.69 bits per heavy atom. The highest BCUT2D eigenvalue weighted by molar-refractivity contribution is 9.10. The van der Waals surface area contributed by atoms with Crippen molar-refractivity contribution in [1.29, 1.82) is 0 Å². The summed E-state index contributed by atoms with van der Waals surface area (Å²) in [6.45, 7) is 0. The highest BCUT2D eigenvalue weighted by Gasteiger charge is 2.20. The van der Waals surface area contributed by atoms with Gasteiger partial charge in [-0.25, -0.2) is 15.0 Å². The van der Waals surface area contributed by atoms with Crippen LogP contribution in [0.15, 0.2) is 112 Å². The van der Waals surface area contributed by atoms with Gasteiger partial charge in [0.05, 0.1) is 11.1 Å². The SMILES string of the molecule is Oc1cccc(Sc2ccccc2N(c2cccc(Br)c2)c2ncnc3ncccc23)c1. The van der Waals surface area contributed by atoms with Crippen molar-refractivity contribution in [3.8, 4) is 5.75 Å². The zero-order valence-corrected chi connectivity index (χ0v) is 19.2. The molecule has 0 atom stereocenters. The van der Waals surface area contributed by atoms with E-state index in [4.69, 9.17) is 0 Å². The van der Waals surface area contributed by atoms with E-state index in [-0.39, 0.29) is 5.75 Å². The molecule has 2 heterocycles. The first-order valence-corrected chi connectivity index (χ1v) is 11.5. The molecule has 0 aliphatic rings. The molecule has 0 bridgehead atoms. The molecule has 0 amide bonds. The standard InChI is InChI=1S/C25H17BrN4OS/c26-17-6-3-7-18(14-17)30(25-21-10-5-13-27-24(21)28-16-29-25)22-11-1-2-12-23(22)32-20-9-4-8-19(31)15-20/h1-16,31H. The maximum absolute atomic E-state index is 9.92. The lowest BCUT2D eigenvalue weighted by atomic mass is 10.2. The molecule has 1 N–H and O–H groups in total. The molecular formula is C25H17BrN4OS. The molecule has 0 saturated heterocycles. The minimum Gasteiger partial charge on any atom is -0.508 e. The number of aromatic hydroxyl groups is 1. The average molecular weight is 501 g/mol. The molecule has 32 heavy (non-hydrogen) atoms. The zero-order valence-electron chi connectivity index (χ0n) is 16.8. The molecule has 5 rings (SSSR count). The Balaban J connectivity index is 1.72. The van der Waals surface area contributed by atoms with Crippen molar-refractivity contribution < 1.29 is 5.11 Å². The fraction of sp³-hybridized carbons (Fsp3) is 0. The van der Waals surface area contributed by atoms with Crippen LogP contribution < -0.4 is 4.90 Å². The molecule has 0 saturated carbocycles. The number of aromatic nitrogens is 3. The third kappa shape index (κ3) is 4.17. The molecule has 156 valence electrons. The van der Waals surface area contributed by atoms with Crippen molar-refractivity contribution in [3.05, 3.63) is 102 Å². The maximum Gasteiger partial charge on any atom is 0.164 e. The smallest absolute Gasteiger partial charge is 0.164 e. The van der Waals surface area contributed by atoms with Crippen LogP contribution in [0.3, 0.4) is 0 Å². The van der Waals surface area contributed by atoms with E-state index in [0.717, 1.165) is 36.8 Å². The lowest BCUT2D eigenvalue weighted by molar-refractivity contribution is 0.474. The molecule has 0 aliphatic carbocycles. The first-order chi connectivity index (χ1) is 15.7. The molecule has 0 spiro atoms. The minimum atomic E-state index is 0.240. The highest BCUT2D eigenvalue weighted by atomic mass is 79.9. The number of hydrogen-bond acceptors (Lipinski definition) is 6. The lowest BCUT2D eigenvalue weighted by Gasteiger charge is -2.27. The van der Waals surface area contributed by atoms with Gasteiger partial charge in [-0.2, -0.15) is 0 Å². The van der Waals surface area contributed by atoms with Crippen LogP contribution in [0.25, 0.3) is 11.0 Å². The summed E-state index contributed by atoms with van der Waals surface area (Å²) >= 11 is 5.18. The van der Waals surface area contributed by atoms with Crippen molar-refractivity contribution in [1.82, 2.24) is 15.0 Å². The van der Waals surface area contributed by atoms with Gasteiger partial charge in [-0.05, 0) is 60.7 Å². The molecule has 5 nitrogen and oxygen atoms in total. The predicted molar refractivity (Wildman–Crippen MR) is 132 cm³/mol. The molecule has 7 heteroatoms. The third-order valence-corrected chi connectivity index (χ3v) is 6.37. The number of rotatable bonds is 5. The van der Waals surface area contributed by atoms with Crippen LogP contribution in [0, 0.1) is 0 Å². The van der Waals surface area contributed by atoms with E-state index >= 15 is 0 Å². The normalized spacial score (nSPS) is 10.9. The highest BCUT2D eigenvalue weighted by Crippen LogP contribution is 2.43. The first kappa shape index (κ1) is 20.5. The summed E-state index contributed by atoms with van der Waals surface area (Å²) in [5.74, 6) is 0.981. The molecule has 0 unspecified atom stereocenters. The molecule has 0 fully saturated rings. The second kappa shape index (κ2) is 8.98. The lowest BCUT2D eigenvalue weighted by Crippen LogP contribution is -2.13. The number of halogens is 1. The fourth-order valence-corrected chi connectivity index (χ4v) is 4.83. The van der Waals surface area contributed by atoms with E-state index in [0.29, 0.717) is 5.65 Å². The van der Waals surface area contributed by atoms with Crippen LogP contribution >= 0.6 is 27.7 Å². The molecule has 0 aliphatic heterocycles. The Kier molecular flexibility index (Phi) is 5.75. The average Bonchev–Trinajstić information content (AvgIpc) is 2.81. The Hall–Kier alpha value is -3.42. The van der Waals surface area contributed by atoms with Crippen molar-refractivity contribution in [3.63, 3.8) is 0 Å². The van der Waals surface area contributed by atoms with Gasteiger partial charge >= 0.3 is 0 Å². The van der Waals surface area contributed by atoms with Gasteiger partial charge in [0.2, 0.25) is 0 Å². The van der Waals surface area contributed by atoms with Gasteiger partial charge in [-0.1, -0.05) is 52.0 Å². The van der Waals surface area contributed by atoms with Gasteiger partial charge in [0.15, 0.2) is 11.5 Å². The first-order valence-electron chi connectivity index (χ1n) is 9.86. The molecule has 5 aromatic rings. The van der Waals surface area contributed by atoms with Gasteiger partial charge in [-0.3, -0.25) is 4.90 Å². The molecule has 2 aromatic heterocycles. The second-order valence-electron chi connectivity index (χ2n) is 6.95. The monoisotopic (exact) mass is 500 g/mol. The Bertz CT molecular complexity index is 1410. The molecular weight excluding hydrogens is 484 g/mol. The fourth-order valence-electron chi connectivity index (χ4n) is 3.45. The number of fused-ring (bicyclic) bond motifs is 1. The van der Waals surface area contributed by atoms with Crippen LogP contribution in [-0.2, 0) is 0 Å². The van der Waals surface area contributed by atoms with E-state index in [2.05, 4.69) is 54.0 Å². The maximum atomic E-state index is 9.92.